The van der Waals surface area contributed by atoms with Crippen molar-refractivity contribution >= 4 is 11.4 Å². The molecule has 0 aliphatic heterocycles. The molecule has 1 aromatic rings. The van der Waals surface area contributed by atoms with Crippen LogP contribution in [0.15, 0.2) is 18.2 Å². The van der Waals surface area contributed by atoms with Crippen LogP contribution in [0, 0.1) is 0 Å². The molecule has 0 atom stereocenters. The van der Waals surface area contributed by atoms with Crippen LogP contribution < -0.4 is 11.5 Å². The van der Waals surface area contributed by atoms with E-state index in [0.717, 1.165) is 24.9 Å². The molecule has 0 unspecified atom stereocenters. The first-order valence-corrected chi connectivity index (χ1v) is 5.75. The quantitative estimate of drug-likeness (QED) is 0.742. The van der Waals surface area contributed by atoms with Crippen molar-refractivity contribution in [2.24, 2.45) is 0 Å². The number of para-hydroxylation sites is 1. The van der Waals surface area contributed by atoms with Crippen molar-refractivity contribution < 1.29 is 0 Å². The van der Waals surface area contributed by atoms with E-state index in [1.165, 1.54) is 5.56 Å². The standard InChI is InChI=1S/C13H22N2/c1-4-13(5-2,6-3)10-8-7-9-11(14)12(10)15/h7-9H,4-6,14-15H2,1-3H3. The first-order valence-electron chi connectivity index (χ1n) is 5.75. The molecule has 0 bridgehead atoms. The Balaban J connectivity index is 3.28. The van der Waals surface area contributed by atoms with E-state index < -0.39 is 0 Å². The van der Waals surface area contributed by atoms with Gasteiger partial charge in [-0.05, 0) is 36.3 Å². The van der Waals surface area contributed by atoms with E-state index in [2.05, 4.69) is 26.8 Å². The van der Waals surface area contributed by atoms with Crippen molar-refractivity contribution in [2.75, 3.05) is 11.5 Å². The molecule has 1 aromatic carbocycles. The Hall–Kier alpha value is -1.18. The van der Waals surface area contributed by atoms with Crippen LogP contribution in [0.3, 0.4) is 0 Å². The lowest BCUT2D eigenvalue weighted by atomic mass is 9.73. The Kier molecular flexibility index (Phi) is 3.61. The third-order valence-electron chi connectivity index (χ3n) is 3.74. The Bertz CT molecular complexity index is 319. The molecule has 2 nitrogen and oxygen atoms in total. The highest BCUT2D eigenvalue weighted by Crippen LogP contribution is 2.39. The van der Waals surface area contributed by atoms with Gasteiger partial charge in [0.15, 0.2) is 0 Å². The minimum atomic E-state index is 0.194. The van der Waals surface area contributed by atoms with Crippen LogP contribution in [0.2, 0.25) is 0 Å². The summed E-state index contributed by atoms with van der Waals surface area (Å²) in [5, 5.41) is 0. The Morgan fingerprint density at radius 3 is 2.00 bits per heavy atom. The highest BCUT2D eigenvalue weighted by molar-refractivity contribution is 5.68. The second-order valence-electron chi connectivity index (χ2n) is 4.15. The molecule has 4 N–H and O–H groups in total. The van der Waals surface area contributed by atoms with Gasteiger partial charge in [0, 0.05) is 0 Å². The Morgan fingerprint density at radius 2 is 1.53 bits per heavy atom. The molecule has 0 saturated heterocycles. The highest BCUT2D eigenvalue weighted by atomic mass is 14.7. The number of nitrogens with two attached hydrogens (primary N) is 2. The van der Waals surface area contributed by atoms with Gasteiger partial charge in [0.05, 0.1) is 11.4 Å². The van der Waals surface area contributed by atoms with Crippen molar-refractivity contribution in [3.63, 3.8) is 0 Å². The molecule has 0 radical (unpaired) electrons. The number of nitrogen functional groups attached to an aromatic ring is 2. The monoisotopic (exact) mass is 206 g/mol. The van der Waals surface area contributed by atoms with Gasteiger partial charge in [0.25, 0.3) is 0 Å². The first kappa shape index (κ1) is 11.9. The average Bonchev–Trinajstić information content (AvgIpc) is 2.27. The van der Waals surface area contributed by atoms with Crippen LogP contribution in [-0.4, -0.2) is 0 Å². The van der Waals surface area contributed by atoms with Gasteiger partial charge in [-0.2, -0.15) is 0 Å². The third kappa shape index (κ3) is 1.94. The summed E-state index contributed by atoms with van der Waals surface area (Å²) in [6.45, 7) is 6.65. The van der Waals surface area contributed by atoms with E-state index >= 15 is 0 Å². The summed E-state index contributed by atoms with van der Waals surface area (Å²) in [7, 11) is 0. The molecular weight excluding hydrogens is 184 g/mol. The van der Waals surface area contributed by atoms with Crippen LogP contribution in [0.1, 0.15) is 45.6 Å². The maximum Gasteiger partial charge on any atom is 0.0586 e. The molecule has 0 aliphatic rings. The molecule has 0 saturated carbocycles. The maximum absolute atomic E-state index is 6.07. The zero-order valence-corrected chi connectivity index (χ0v) is 10.0. The molecule has 0 amide bonds. The molecule has 0 aromatic heterocycles. The molecule has 0 heterocycles. The van der Waals surface area contributed by atoms with Gasteiger partial charge < -0.3 is 11.5 Å². The molecule has 15 heavy (non-hydrogen) atoms. The van der Waals surface area contributed by atoms with E-state index in [1.807, 2.05) is 12.1 Å². The molecule has 2 heteroatoms. The molecule has 84 valence electrons. The fourth-order valence-electron chi connectivity index (χ4n) is 2.37. The van der Waals surface area contributed by atoms with E-state index in [1.54, 1.807) is 0 Å². The molecule has 0 aliphatic carbocycles. The Morgan fingerprint density at radius 1 is 1.00 bits per heavy atom. The van der Waals surface area contributed by atoms with Gasteiger partial charge in [-0.25, -0.2) is 0 Å². The highest BCUT2D eigenvalue weighted by Gasteiger charge is 2.28. The normalized spacial score (nSPS) is 11.7. The number of rotatable bonds is 4. The number of hydrogen-bond acceptors (Lipinski definition) is 2. The summed E-state index contributed by atoms with van der Waals surface area (Å²) in [6.07, 6.45) is 3.31. The van der Waals surface area contributed by atoms with Gasteiger partial charge in [-0.15, -0.1) is 0 Å². The largest absolute Gasteiger partial charge is 0.397 e. The zero-order chi connectivity index (χ0) is 11.5. The van der Waals surface area contributed by atoms with E-state index in [-0.39, 0.29) is 5.41 Å². The van der Waals surface area contributed by atoms with Gasteiger partial charge in [0.2, 0.25) is 0 Å². The summed E-state index contributed by atoms with van der Waals surface area (Å²) < 4.78 is 0. The molecular formula is C13H22N2. The van der Waals surface area contributed by atoms with Crippen LogP contribution in [-0.2, 0) is 5.41 Å². The van der Waals surface area contributed by atoms with Gasteiger partial charge >= 0.3 is 0 Å². The lowest BCUT2D eigenvalue weighted by molar-refractivity contribution is 0.383. The summed E-state index contributed by atoms with van der Waals surface area (Å²) in [6, 6.07) is 5.98. The topological polar surface area (TPSA) is 52.0 Å². The zero-order valence-electron chi connectivity index (χ0n) is 10.0. The second kappa shape index (κ2) is 4.56. The molecule has 1 rings (SSSR count). The Labute approximate surface area is 92.7 Å². The summed E-state index contributed by atoms with van der Waals surface area (Å²) in [5.74, 6) is 0. The number of hydrogen-bond donors (Lipinski definition) is 2. The SMILES string of the molecule is CCC(CC)(CC)c1cccc(N)c1N. The van der Waals surface area contributed by atoms with Crippen molar-refractivity contribution in [1.82, 2.24) is 0 Å². The fourth-order valence-corrected chi connectivity index (χ4v) is 2.37. The minimum absolute atomic E-state index is 0.194. The smallest absolute Gasteiger partial charge is 0.0586 e. The van der Waals surface area contributed by atoms with Crippen LogP contribution >= 0.6 is 0 Å². The van der Waals surface area contributed by atoms with E-state index in [0.29, 0.717) is 5.69 Å². The second-order valence-corrected chi connectivity index (χ2v) is 4.15. The first-order chi connectivity index (χ1) is 7.11. The maximum atomic E-state index is 6.07. The number of anilines is 2. The summed E-state index contributed by atoms with van der Waals surface area (Å²) >= 11 is 0. The van der Waals surface area contributed by atoms with Crippen LogP contribution in [0.4, 0.5) is 11.4 Å². The summed E-state index contributed by atoms with van der Waals surface area (Å²) in [4.78, 5) is 0. The van der Waals surface area contributed by atoms with Gasteiger partial charge in [-0.1, -0.05) is 32.9 Å². The van der Waals surface area contributed by atoms with Gasteiger partial charge in [0.1, 0.15) is 0 Å². The molecule has 0 fully saturated rings. The van der Waals surface area contributed by atoms with Crippen molar-refractivity contribution in [2.45, 2.75) is 45.4 Å². The third-order valence-corrected chi connectivity index (χ3v) is 3.74. The van der Waals surface area contributed by atoms with Gasteiger partial charge in [-0.3, -0.25) is 0 Å². The molecule has 0 spiro atoms. The van der Waals surface area contributed by atoms with E-state index in [9.17, 15) is 0 Å². The van der Waals surface area contributed by atoms with E-state index in [4.69, 9.17) is 11.5 Å². The predicted molar refractivity (Wildman–Crippen MR) is 67.8 cm³/mol. The summed E-state index contributed by atoms with van der Waals surface area (Å²) in [5.41, 5.74) is 14.8. The van der Waals surface area contributed by atoms with Crippen molar-refractivity contribution in [3.8, 4) is 0 Å². The van der Waals surface area contributed by atoms with Crippen molar-refractivity contribution in [3.05, 3.63) is 23.8 Å². The van der Waals surface area contributed by atoms with Crippen LogP contribution in [0.5, 0.6) is 0 Å². The van der Waals surface area contributed by atoms with Crippen molar-refractivity contribution in [1.29, 1.82) is 0 Å². The van der Waals surface area contributed by atoms with Crippen LogP contribution in [0.25, 0.3) is 0 Å². The lowest BCUT2D eigenvalue weighted by Crippen LogP contribution is -2.25. The fraction of sp³-hybridized carbons (Fsp3) is 0.538. The lowest BCUT2D eigenvalue weighted by Gasteiger charge is -2.32. The number of benzene rings is 1. The minimum Gasteiger partial charge on any atom is -0.397 e. The average molecular weight is 206 g/mol. The predicted octanol–water partition coefficient (Wildman–Crippen LogP) is 3.32.